The van der Waals surface area contributed by atoms with Crippen LogP contribution in [0.2, 0.25) is 0 Å². The van der Waals surface area contributed by atoms with Crippen LogP contribution < -0.4 is 4.72 Å². The summed E-state index contributed by atoms with van der Waals surface area (Å²) >= 11 is 0. The minimum atomic E-state index is -4.77. The summed E-state index contributed by atoms with van der Waals surface area (Å²) in [5, 5.41) is 9.37. The molecule has 2 N–H and O–H groups in total. The van der Waals surface area contributed by atoms with E-state index < -0.39 is 38.8 Å². The van der Waals surface area contributed by atoms with Crippen LogP contribution in [0, 0.1) is 0 Å². The highest BCUT2D eigenvalue weighted by atomic mass is 32.2. The van der Waals surface area contributed by atoms with Gasteiger partial charge in [-0.3, -0.25) is 0 Å². The molecule has 0 aliphatic carbocycles. The molecule has 0 radical (unpaired) electrons. The molecule has 21 heavy (non-hydrogen) atoms. The van der Waals surface area contributed by atoms with Crippen molar-refractivity contribution in [2.45, 2.75) is 43.3 Å². The van der Waals surface area contributed by atoms with E-state index in [1.165, 1.54) is 6.07 Å². The first-order valence-electron chi connectivity index (χ1n) is 6.43. The maximum absolute atomic E-state index is 12.9. The maximum Gasteiger partial charge on any atom is 0.417 e. The Labute approximate surface area is 122 Å². The van der Waals surface area contributed by atoms with Crippen molar-refractivity contribution >= 4 is 10.0 Å². The fraction of sp³-hybridized carbons (Fsp3) is 0.538. The summed E-state index contributed by atoms with van der Waals surface area (Å²) in [6, 6.07) is 3.97. The van der Waals surface area contributed by atoms with E-state index in [4.69, 9.17) is 0 Å². The fourth-order valence-corrected chi connectivity index (χ4v) is 3.69. The number of aliphatic hydroxyl groups is 1. The molecule has 0 unspecified atom stereocenters. The van der Waals surface area contributed by atoms with Crippen molar-refractivity contribution < 1.29 is 26.7 Å². The number of sulfonamides is 1. The number of alkyl halides is 3. The molecule has 1 rings (SSSR count). The van der Waals surface area contributed by atoms with Crippen LogP contribution >= 0.6 is 0 Å². The molecule has 0 bridgehead atoms. The minimum Gasteiger partial charge on any atom is -0.394 e. The molecule has 0 aliphatic heterocycles. The molecular weight excluding hydrogens is 307 g/mol. The number of rotatable bonds is 6. The smallest absolute Gasteiger partial charge is 0.394 e. The minimum absolute atomic E-state index is 0.257. The van der Waals surface area contributed by atoms with Crippen LogP contribution in [0.15, 0.2) is 29.2 Å². The number of nitrogens with one attached hydrogen (secondary N) is 1. The third kappa shape index (κ3) is 3.96. The summed E-state index contributed by atoms with van der Waals surface area (Å²) in [7, 11) is -4.40. The zero-order valence-corrected chi connectivity index (χ0v) is 12.6. The lowest BCUT2D eigenvalue weighted by Crippen LogP contribution is -2.50. The van der Waals surface area contributed by atoms with Gasteiger partial charge in [0.15, 0.2) is 0 Å². The first-order chi connectivity index (χ1) is 9.62. The molecule has 4 nitrogen and oxygen atoms in total. The second kappa shape index (κ2) is 6.33. The normalized spacial score (nSPS) is 13.4. The fourth-order valence-electron chi connectivity index (χ4n) is 1.93. The Balaban J connectivity index is 3.33. The lowest BCUT2D eigenvalue weighted by Gasteiger charge is -2.30. The Morgan fingerprint density at radius 3 is 2.10 bits per heavy atom. The van der Waals surface area contributed by atoms with Gasteiger partial charge in [-0.15, -0.1) is 0 Å². The lowest BCUT2D eigenvalue weighted by atomic mass is 9.96. The van der Waals surface area contributed by atoms with Crippen LogP contribution in [-0.4, -0.2) is 25.7 Å². The Morgan fingerprint density at radius 1 is 1.14 bits per heavy atom. The third-order valence-electron chi connectivity index (χ3n) is 3.49. The molecular formula is C13H18F3NO3S. The summed E-state index contributed by atoms with van der Waals surface area (Å²) < 4.78 is 65.5. The van der Waals surface area contributed by atoms with Crippen LogP contribution in [0.5, 0.6) is 0 Å². The SMILES string of the molecule is CCC(CC)(CO)NS(=O)(=O)c1ccccc1C(F)(F)F. The second-order valence-electron chi connectivity index (χ2n) is 4.74. The van der Waals surface area contributed by atoms with E-state index in [2.05, 4.69) is 4.72 Å². The summed E-state index contributed by atoms with van der Waals surface area (Å²) in [6.45, 7) is 2.81. The standard InChI is InChI=1S/C13H18F3NO3S/c1-3-12(4-2,9-18)17-21(19,20)11-8-6-5-7-10(11)13(14,15)16/h5-8,17-18H,3-4,9H2,1-2H3. The Morgan fingerprint density at radius 2 is 1.67 bits per heavy atom. The highest BCUT2D eigenvalue weighted by molar-refractivity contribution is 7.89. The van der Waals surface area contributed by atoms with Crippen molar-refractivity contribution in [3.63, 3.8) is 0 Å². The van der Waals surface area contributed by atoms with Crippen LogP contribution in [0.4, 0.5) is 13.2 Å². The molecule has 8 heteroatoms. The summed E-state index contributed by atoms with van der Waals surface area (Å²) in [5.74, 6) is 0. The average molecular weight is 325 g/mol. The molecule has 0 amide bonds. The van der Waals surface area contributed by atoms with Gasteiger partial charge in [0, 0.05) is 0 Å². The largest absolute Gasteiger partial charge is 0.417 e. The number of aliphatic hydroxyl groups excluding tert-OH is 1. The Kier molecular flexibility index (Phi) is 5.40. The molecule has 120 valence electrons. The summed E-state index contributed by atoms with van der Waals surface area (Å²) in [6.07, 6.45) is -4.26. The predicted octanol–water partition coefficient (Wildman–Crippen LogP) is 2.53. The van der Waals surface area contributed by atoms with Crippen LogP contribution in [0.3, 0.4) is 0 Å². The van der Waals surface area contributed by atoms with Crippen molar-refractivity contribution in [2.24, 2.45) is 0 Å². The van der Waals surface area contributed by atoms with E-state index in [1.807, 2.05) is 0 Å². The monoisotopic (exact) mass is 325 g/mol. The lowest BCUT2D eigenvalue weighted by molar-refractivity contribution is -0.139. The Bertz CT molecular complexity index is 572. The van der Waals surface area contributed by atoms with Crippen LogP contribution in [0.1, 0.15) is 32.3 Å². The van der Waals surface area contributed by atoms with E-state index in [1.54, 1.807) is 13.8 Å². The summed E-state index contributed by atoms with van der Waals surface area (Å²) in [5.41, 5.74) is -2.39. The van der Waals surface area contributed by atoms with Gasteiger partial charge < -0.3 is 5.11 Å². The molecule has 0 heterocycles. The van der Waals surface area contributed by atoms with Crippen molar-refractivity contribution in [3.05, 3.63) is 29.8 Å². The molecule has 0 atom stereocenters. The summed E-state index contributed by atoms with van der Waals surface area (Å²) in [4.78, 5) is -0.836. The van der Waals surface area contributed by atoms with E-state index in [9.17, 15) is 26.7 Å². The van der Waals surface area contributed by atoms with E-state index in [0.717, 1.165) is 12.1 Å². The highest BCUT2D eigenvalue weighted by Crippen LogP contribution is 2.34. The van der Waals surface area contributed by atoms with Gasteiger partial charge in [0.1, 0.15) is 0 Å². The first-order valence-corrected chi connectivity index (χ1v) is 7.91. The van der Waals surface area contributed by atoms with Gasteiger partial charge in [0.05, 0.1) is 22.6 Å². The van der Waals surface area contributed by atoms with Gasteiger partial charge in [-0.1, -0.05) is 26.0 Å². The van der Waals surface area contributed by atoms with Crippen LogP contribution in [-0.2, 0) is 16.2 Å². The molecule has 0 saturated heterocycles. The molecule has 0 aromatic heterocycles. The van der Waals surface area contributed by atoms with Gasteiger partial charge in [-0.05, 0) is 25.0 Å². The van der Waals surface area contributed by atoms with E-state index in [-0.39, 0.29) is 12.8 Å². The molecule has 0 aliphatic rings. The number of hydrogen-bond donors (Lipinski definition) is 2. The Hall–Kier alpha value is -1.12. The van der Waals surface area contributed by atoms with Gasteiger partial charge in [0.2, 0.25) is 10.0 Å². The van der Waals surface area contributed by atoms with E-state index in [0.29, 0.717) is 6.07 Å². The third-order valence-corrected chi connectivity index (χ3v) is 5.13. The quantitative estimate of drug-likeness (QED) is 0.845. The number of hydrogen-bond acceptors (Lipinski definition) is 3. The van der Waals surface area contributed by atoms with Gasteiger partial charge in [-0.2, -0.15) is 13.2 Å². The molecule has 0 fully saturated rings. The maximum atomic E-state index is 12.9. The molecule has 0 saturated carbocycles. The van der Waals surface area contributed by atoms with Crippen LogP contribution in [0.25, 0.3) is 0 Å². The predicted molar refractivity (Wildman–Crippen MR) is 72.2 cm³/mol. The van der Waals surface area contributed by atoms with Crippen molar-refractivity contribution in [2.75, 3.05) is 6.61 Å². The highest BCUT2D eigenvalue weighted by Gasteiger charge is 2.39. The topological polar surface area (TPSA) is 66.4 Å². The molecule has 0 spiro atoms. The van der Waals surface area contributed by atoms with Gasteiger partial charge in [0.25, 0.3) is 0 Å². The van der Waals surface area contributed by atoms with Gasteiger partial charge in [-0.25, -0.2) is 13.1 Å². The van der Waals surface area contributed by atoms with Crippen molar-refractivity contribution in [3.8, 4) is 0 Å². The molecule has 1 aromatic carbocycles. The first kappa shape index (κ1) is 17.9. The van der Waals surface area contributed by atoms with E-state index >= 15 is 0 Å². The average Bonchev–Trinajstić information content (AvgIpc) is 2.44. The van der Waals surface area contributed by atoms with Gasteiger partial charge >= 0.3 is 6.18 Å². The number of halogens is 3. The molecule has 1 aromatic rings. The van der Waals surface area contributed by atoms with Crippen molar-refractivity contribution in [1.82, 2.24) is 4.72 Å². The van der Waals surface area contributed by atoms with Crippen molar-refractivity contribution in [1.29, 1.82) is 0 Å². The zero-order valence-electron chi connectivity index (χ0n) is 11.7. The second-order valence-corrected chi connectivity index (χ2v) is 6.40. The number of benzene rings is 1. The zero-order chi connectivity index (χ0) is 16.3.